The molecule has 0 saturated carbocycles. The summed E-state index contributed by atoms with van der Waals surface area (Å²) in [5, 5.41) is 6.91. The van der Waals surface area contributed by atoms with Gasteiger partial charge >= 0.3 is 0 Å². The minimum absolute atomic E-state index is 0.101. The molecule has 0 spiro atoms. The Hall–Kier alpha value is -2.04. The van der Waals surface area contributed by atoms with Crippen molar-refractivity contribution >= 4 is 28.9 Å². The predicted octanol–water partition coefficient (Wildman–Crippen LogP) is 4.07. The highest BCUT2D eigenvalue weighted by Gasteiger charge is 2.14. The zero-order valence-electron chi connectivity index (χ0n) is 14.6. The number of carbonyl (C=O) groups excluding carboxylic acids is 1. The van der Waals surface area contributed by atoms with E-state index in [1.54, 1.807) is 0 Å². The number of hydrogen-bond donors (Lipinski definition) is 2. The summed E-state index contributed by atoms with van der Waals surface area (Å²) in [6.07, 6.45) is 0. The molecule has 4 nitrogen and oxygen atoms in total. The van der Waals surface area contributed by atoms with Crippen LogP contribution in [-0.4, -0.2) is 37.5 Å². The summed E-state index contributed by atoms with van der Waals surface area (Å²) in [4.78, 5) is 14.6. The number of rotatable bonds is 6. The van der Waals surface area contributed by atoms with E-state index in [0.717, 1.165) is 16.9 Å². The summed E-state index contributed by atoms with van der Waals surface area (Å²) in [6, 6.07) is 13.5. The standard InChI is InChI=1S/C19H24ClN3O/c1-13-8-7-11-17(18(13)20)22-16-10-6-5-9-15(16)19(24)21-12-14(2)23(3)4/h5-11,14,22H,12H2,1-4H3,(H,21,24). The van der Waals surface area contributed by atoms with Crippen LogP contribution < -0.4 is 10.6 Å². The summed E-state index contributed by atoms with van der Waals surface area (Å²) in [5.74, 6) is -0.101. The van der Waals surface area contributed by atoms with E-state index in [1.807, 2.05) is 63.5 Å². The van der Waals surface area contributed by atoms with Gasteiger partial charge in [-0.15, -0.1) is 0 Å². The maximum atomic E-state index is 12.5. The average Bonchev–Trinajstić information content (AvgIpc) is 2.57. The number of likely N-dealkylation sites (N-methyl/N-ethyl adjacent to an activating group) is 1. The summed E-state index contributed by atoms with van der Waals surface area (Å²) < 4.78 is 0. The van der Waals surface area contributed by atoms with E-state index in [2.05, 4.69) is 22.5 Å². The number of benzene rings is 2. The molecule has 5 heteroatoms. The zero-order chi connectivity index (χ0) is 17.7. The van der Waals surface area contributed by atoms with Crippen molar-refractivity contribution in [1.82, 2.24) is 10.2 Å². The van der Waals surface area contributed by atoms with Crippen molar-refractivity contribution < 1.29 is 4.79 Å². The van der Waals surface area contributed by atoms with Gasteiger partial charge in [0.15, 0.2) is 0 Å². The number of nitrogens with zero attached hydrogens (tertiary/aromatic N) is 1. The highest BCUT2D eigenvalue weighted by atomic mass is 35.5. The second-order valence-corrected chi connectivity index (χ2v) is 6.51. The third-order valence-corrected chi connectivity index (χ3v) is 4.57. The van der Waals surface area contributed by atoms with Crippen LogP contribution in [0.25, 0.3) is 0 Å². The Labute approximate surface area is 148 Å². The lowest BCUT2D eigenvalue weighted by Gasteiger charge is -2.20. The monoisotopic (exact) mass is 345 g/mol. The highest BCUT2D eigenvalue weighted by molar-refractivity contribution is 6.34. The fourth-order valence-corrected chi connectivity index (χ4v) is 2.37. The number of para-hydroxylation sites is 1. The van der Waals surface area contributed by atoms with E-state index < -0.39 is 0 Å². The Kier molecular flexibility index (Phi) is 6.23. The lowest BCUT2D eigenvalue weighted by Crippen LogP contribution is -2.38. The van der Waals surface area contributed by atoms with Gasteiger partial charge < -0.3 is 15.5 Å². The molecular weight excluding hydrogens is 322 g/mol. The van der Waals surface area contributed by atoms with Gasteiger partial charge in [-0.25, -0.2) is 0 Å². The first kappa shape index (κ1) is 18.3. The SMILES string of the molecule is Cc1cccc(Nc2ccccc2C(=O)NCC(C)N(C)C)c1Cl. The van der Waals surface area contributed by atoms with Crippen LogP contribution in [-0.2, 0) is 0 Å². The van der Waals surface area contributed by atoms with Crippen LogP contribution in [0, 0.1) is 6.92 Å². The van der Waals surface area contributed by atoms with Gasteiger partial charge in [0.25, 0.3) is 5.91 Å². The first-order valence-electron chi connectivity index (χ1n) is 7.96. The number of carbonyl (C=O) groups is 1. The van der Waals surface area contributed by atoms with Crippen LogP contribution in [0.4, 0.5) is 11.4 Å². The Morgan fingerprint density at radius 3 is 2.50 bits per heavy atom. The summed E-state index contributed by atoms with van der Waals surface area (Å²) in [7, 11) is 3.98. The molecule has 1 unspecified atom stereocenters. The lowest BCUT2D eigenvalue weighted by molar-refractivity contribution is 0.0944. The van der Waals surface area contributed by atoms with Crippen molar-refractivity contribution in [3.05, 3.63) is 58.6 Å². The Morgan fingerprint density at radius 1 is 1.12 bits per heavy atom. The largest absolute Gasteiger partial charge is 0.354 e. The van der Waals surface area contributed by atoms with Gasteiger partial charge in [0.05, 0.1) is 22.0 Å². The third-order valence-electron chi connectivity index (χ3n) is 4.07. The molecule has 128 valence electrons. The van der Waals surface area contributed by atoms with Crippen LogP contribution in [0.1, 0.15) is 22.8 Å². The number of halogens is 1. The second kappa shape index (κ2) is 8.18. The zero-order valence-corrected chi connectivity index (χ0v) is 15.3. The van der Waals surface area contributed by atoms with Gasteiger partial charge in [-0.2, -0.15) is 0 Å². The van der Waals surface area contributed by atoms with E-state index in [0.29, 0.717) is 17.1 Å². The molecule has 0 radical (unpaired) electrons. The van der Waals surface area contributed by atoms with Crippen molar-refractivity contribution in [3.63, 3.8) is 0 Å². The number of anilines is 2. The van der Waals surface area contributed by atoms with Gasteiger partial charge in [-0.1, -0.05) is 35.9 Å². The number of aryl methyl sites for hydroxylation is 1. The number of hydrogen-bond acceptors (Lipinski definition) is 3. The van der Waals surface area contributed by atoms with Crippen molar-refractivity contribution in [2.45, 2.75) is 19.9 Å². The van der Waals surface area contributed by atoms with Gasteiger partial charge in [0, 0.05) is 12.6 Å². The van der Waals surface area contributed by atoms with Gasteiger partial charge in [-0.3, -0.25) is 4.79 Å². The highest BCUT2D eigenvalue weighted by Crippen LogP contribution is 2.29. The molecule has 0 saturated heterocycles. The van der Waals surface area contributed by atoms with Crippen molar-refractivity contribution in [2.24, 2.45) is 0 Å². The normalized spacial score (nSPS) is 12.1. The lowest BCUT2D eigenvalue weighted by atomic mass is 10.1. The Balaban J connectivity index is 2.18. The predicted molar refractivity (Wildman–Crippen MR) is 101 cm³/mol. The molecule has 2 aromatic rings. The van der Waals surface area contributed by atoms with Gasteiger partial charge in [-0.05, 0) is 51.7 Å². The first-order valence-corrected chi connectivity index (χ1v) is 8.33. The molecule has 0 aliphatic carbocycles. The summed E-state index contributed by atoms with van der Waals surface area (Å²) in [6.45, 7) is 4.61. The van der Waals surface area contributed by atoms with Crippen LogP contribution in [0.2, 0.25) is 5.02 Å². The molecule has 2 rings (SSSR count). The summed E-state index contributed by atoms with van der Waals surface area (Å²) >= 11 is 6.34. The van der Waals surface area contributed by atoms with E-state index >= 15 is 0 Å². The molecule has 0 aromatic heterocycles. The molecular formula is C19H24ClN3O. The van der Waals surface area contributed by atoms with E-state index in [4.69, 9.17) is 11.6 Å². The van der Waals surface area contributed by atoms with Crippen molar-refractivity contribution in [1.29, 1.82) is 0 Å². The maximum Gasteiger partial charge on any atom is 0.253 e. The Morgan fingerprint density at radius 2 is 1.79 bits per heavy atom. The van der Waals surface area contributed by atoms with E-state index in [1.165, 1.54) is 0 Å². The smallest absolute Gasteiger partial charge is 0.253 e. The van der Waals surface area contributed by atoms with Crippen molar-refractivity contribution in [3.8, 4) is 0 Å². The minimum atomic E-state index is -0.101. The second-order valence-electron chi connectivity index (χ2n) is 6.13. The Bertz CT molecular complexity index is 716. The fourth-order valence-electron chi connectivity index (χ4n) is 2.20. The molecule has 0 aliphatic heterocycles. The van der Waals surface area contributed by atoms with Gasteiger partial charge in [0.1, 0.15) is 0 Å². The van der Waals surface area contributed by atoms with Gasteiger partial charge in [0.2, 0.25) is 0 Å². The number of amides is 1. The topological polar surface area (TPSA) is 44.4 Å². The molecule has 2 aromatic carbocycles. The molecule has 1 atom stereocenters. The molecule has 0 aliphatic rings. The molecule has 24 heavy (non-hydrogen) atoms. The molecule has 1 amide bonds. The molecule has 0 fully saturated rings. The molecule has 2 N–H and O–H groups in total. The third kappa shape index (κ3) is 4.49. The van der Waals surface area contributed by atoms with Crippen LogP contribution in [0.15, 0.2) is 42.5 Å². The van der Waals surface area contributed by atoms with Crippen LogP contribution in [0.3, 0.4) is 0 Å². The quantitative estimate of drug-likeness (QED) is 0.829. The average molecular weight is 346 g/mol. The summed E-state index contributed by atoms with van der Waals surface area (Å²) in [5.41, 5.74) is 3.11. The maximum absolute atomic E-state index is 12.5. The first-order chi connectivity index (χ1) is 11.4. The van der Waals surface area contributed by atoms with Crippen molar-refractivity contribution in [2.75, 3.05) is 26.0 Å². The molecule has 0 bridgehead atoms. The minimum Gasteiger partial charge on any atom is -0.354 e. The van der Waals surface area contributed by atoms with E-state index in [-0.39, 0.29) is 11.9 Å². The number of nitrogens with one attached hydrogen (secondary N) is 2. The van der Waals surface area contributed by atoms with Crippen LogP contribution in [0.5, 0.6) is 0 Å². The van der Waals surface area contributed by atoms with E-state index in [9.17, 15) is 4.79 Å². The fraction of sp³-hybridized carbons (Fsp3) is 0.316. The molecule has 0 heterocycles. The van der Waals surface area contributed by atoms with Crippen LogP contribution >= 0.6 is 11.6 Å².